The van der Waals surface area contributed by atoms with E-state index in [1.54, 1.807) is 11.0 Å². The Morgan fingerprint density at radius 1 is 1.47 bits per heavy atom. The van der Waals surface area contributed by atoms with E-state index in [1.807, 2.05) is 0 Å². The number of amides is 1. The summed E-state index contributed by atoms with van der Waals surface area (Å²) < 4.78 is 18.3. The summed E-state index contributed by atoms with van der Waals surface area (Å²) in [7, 11) is 0. The van der Waals surface area contributed by atoms with Gasteiger partial charge in [-0.25, -0.2) is 4.39 Å². The van der Waals surface area contributed by atoms with Crippen LogP contribution in [0, 0.1) is 17.7 Å². The van der Waals surface area contributed by atoms with Crippen molar-refractivity contribution in [1.82, 2.24) is 4.90 Å². The Morgan fingerprint density at radius 2 is 2.32 bits per heavy atom. The van der Waals surface area contributed by atoms with Crippen LogP contribution in [0.15, 0.2) is 18.2 Å². The number of ether oxygens (including phenoxy) is 1. The zero-order valence-electron chi connectivity index (χ0n) is 10.4. The molecule has 0 aromatic heterocycles. The third-order valence-corrected chi connectivity index (χ3v) is 2.82. The number of carbonyl (C=O) groups is 1. The lowest BCUT2D eigenvalue weighted by atomic mass is 10.1. The van der Waals surface area contributed by atoms with E-state index in [9.17, 15) is 9.18 Å². The van der Waals surface area contributed by atoms with Gasteiger partial charge in [-0.15, -0.1) is 0 Å². The molecule has 0 saturated carbocycles. The van der Waals surface area contributed by atoms with Crippen LogP contribution in [0.4, 0.5) is 4.39 Å². The van der Waals surface area contributed by atoms with E-state index in [0.29, 0.717) is 25.3 Å². The van der Waals surface area contributed by atoms with E-state index >= 15 is 0 Å². The molecule has 4 nitrogen and oxygen atoms in total. The standard InChI is InChI=1S/C14H14FNO3/c15-13-4-3-12(11(8-13)2-1-6-17)9-16-5-7-19-10-14(16)18/h3-4,8,17H,5-7,9-10H2. The van der Waals surface area contributed by atoms with Crippen LogP contribution < -0.4 is 0 Å². The molecule has 5 heteroatoms. The number of carbonyl (C=O) groups excluding carboxylic acids is 1. The van der Waals surface area contributed by atoms with E-state index in [4.69, 9.17) is 9.84 Å². The summed E-state index contributed by atoms with van der Waals surface area (Å²) in [5.74, 6) is 4.71. The highest BCUT2D eigenvalue weighted by Crippen LogP contribution is 2.14. The first-order chi connectivity index (χ1) is 9.20. The molecule has 0 bridgehead atoms. The Hall–Kier alpha value is -1.90. The fourth-order valence-electron chi connectivity index (χ4n) is 1.86. The summed E-state index contributed by atoms with van der Waals surface area (Å²) in [6, 6.07) is 4.26. The monoisotopic (exact) mass is 263 g/mol. The molecule has 0 aliphatic carbocycles. The molecule has 0 radical (unpaired) electrons. The molecule has 2 rings (SSSR count). The molecule has 1 N–H and O–H groups in total. The van der Waals surface area contributed by atoms with Gasteiger partial charge in [0.2, 0.25) is 5.91 Å². The lowest BCUT2D eigenvalue weighted by Crippen LogP contribution is -2.41. The number of halogens is 1. The van der Waals surface area contributed by atoms with E-state index in [-0.39, 0.29) is 24.9 Å². The lowest BCUT2D eigenvalue weighted by Gasteiger charge is -2.27. The number of hydrogen-bond donors (Lipinski definition) is 1. The van der Waals surface area contributed by atoms with Gasteiger partial charge in [-0.2, -0.15) is 0 Å². The van der Waals surface area contributed by atoms with Crippen LogP contribution in [0.3, 0.4) is 0 Å². The Balaban J connectivity index is 2.21. The Morgan fingerprint density at radius 3 is 3.05 bits per heavy atom. The minimum atomic E-state index is -0.390. The zero-order chi connectivity index (χ0) is 13.7. The van der Waals surface area contributed by atoms with E-state index in [1.165, 1.54) is 12.1 Å². The van der Waals surface area contributed by atoms with Crippen molar-refractivity contribution in [1.29, 1.82) is 0 Å². The first-order valence-electron chi connectivity index (χ1n) is 5.94. The predicted octanol–water partition coefficient (Wildman–Crippen LogP) is 0.528. The van der Waals surface area contributed by atoms with Crippen molar-refractivity contribution < 1.29 is 19.0 Å². The molecule has 1 amide bonds. The van der Waals surface area contributed by atoms with Crippen LogP contribution in [0.1, 0.15) is 11.1 Å². The maximum absolute atomic E-state index is 13.2. The SMILES string of the molecule is O=C1COCCN1Cc1ccc(F)cc1C#CCO. The minimum Gasteiger partial charge on any atom is -0.384 e. The van der Waals surface area contributed by atoms with Gasteiger partial charge in [0.05, 0.1) is 6.61 Å². The second kappa shape index (κ2) is 6.32. The van der Waals surface area contributed by atoms with Crippen molar-refractivity contribution in [3.63, 3.8) is 0 Å². The van der Waals surface area contributed by atoms with Gasteiger partial charge in [0.15, 0.2) is 0 Å². The third kappa shape index (κ3) is 3.53. The molecule has 0 unspecified atom stereocenters. The van der Waals surface area contributed by atoms with Gasteiger partial charge in [0, 0.05) is 18.7 Å². The van der Waals surface area contributed by atoms with Gasteiger partial charge in [-0.3, -0.25) is 4.79 Å². The smallest absolute Gasteiger partial charge is 0.248 e. The van der Waals surface area contributed by atoms with Gasteiger partial charge in [0.25, 0.3) is 0 Å². The quantitative estimate of drug-likeness (QED) is 0.792. The minimum absolute atomic E-state index is 0.0822. The maximum Gasteiger partial charge on any atom is 0.248 e. The molecule has 1 aromatic rings. The van der Waals surface area contributed by atoms with Crippen LogP contribution in [0.5, 0.6) is 0 Å². The molecule has 0 spiro atoms. The second-order valence-corrected chi connectivity index (χ2v) is 4.13. The summed E-state index contributed by atoms with van der Waals surface area (Å²) in [6.45, 7) is 1.19. The zero-order valence-corrected chi connectivity index (χ0v) is 10.4. The molecule has 1 heterocycles. The molecular formula is C14H14FNO3. The molecule has 1 saturated heterocycles. The Kier molecular flexibility index (Phi) is 4.50. The van der Waals surface area contributed by atoms with E-state index < -0.39 is 0 Å². The largest absolute Gasteiger partial charge is 0.384 e. The average molecular weight is 263 g/mol. The molecule has 19 heavy (non-hydrogen) atoms. The van der Waals surface area contributed by atoms with Gasteiger partial charge >= 0.3 is 0 Å². The molecule has 1 aliphatic rings. The van der Waals surface area contributed by atoms with Crippen LogP contribution >= 0.6 is 0 Å². The molecule has 1 fully saturated rings. The van der Waals surface area contributed by atoms with Crippen molar-refractivity contribution >= 4 is 5.91 Å². The number of hydrogen-bond acceptors (Lipinski definition) is 3. The van der Waals surface area contributed by atoms with Crippen molar-refractivity contribution in [3.05, 3.63) is 35.1 Å². The molecule has 1 aliphatic heterocycles. The van der Waals surface area contributed by atoms with Crippen LogP contribution in [0.25, 0.3) is 0 Å². The number of rotatable bonds is 2. The summed E-state index contributed by atoms with van der Waals surface area (Å²) in [5.41, 5.74) is 1.26. The van der Waals surface area contributed by atoms with Crippen LogP contribution in [-0.4, -0.2) is 42.3 Å². The Labute approximate surface area is 110 Å². The van der Waals surface area contributed by atoms with Gasteiger partial charge in [-0.1, -0.05) is 17.9 Å². The maximum atomic E-state index is 13.2. The number of aliphatic hydroxyl groups excluding tert-OH is 1. The average Bonchev–Trinajstić information content (AvgIpc) is 2.41. The predicted molar refractivity (Wildman–Crippen MR) is 66.6 cm³/mol. The van der Waals surface area contributed by atoms with Crippen molar-refractivity contribution in [2.45, 2.75) is 6.54 Å². The summed E-state index contributed by atoms with van der Waals surface area (Å²) in [5, 5.41) is 8.70. The Bertz CT molecular complexity index is 533. The third-order valence-electron chi connectivity index (χ3n) is 2.82. The van der Waals surface area contributed by atoms with Gasteiger partial charge in [-0.05, 0) is 17.7 Å². The first kappa shape index (κ1) is 13.5. The van der Waals surface area contributed by atoms with Gasteiger partial charge in [0.1, 0.15) is 19.0 Å². The van der Waals surface area contributed by atoms with Crippen LogP contribution in [0.2, 0.25) is 0 Å². The first-order valence-corrected chi connectivity index (χ1v) is 5.94. The highest BCUT2D eigenvalue weighted by molar-refractivity contribution is 5.78. The summed E-state index contributed by atoms with van der Waals surface area (Å²) in [6.07, 6.45) is 0. The molecule has 100 valence electrons. The van der Waals surface area contributed by atoms with Crippen molar-refractivity contribution in [2.24, 2.45) is 0 Å². The van der Waals surface area contributed by atoms with Gasteiger partial charge < -0.3 is 14.7 Å². The number of morpholine rings is 1. The van der Waals surface area contributed by atoms with Crippen molar-refractivity contribution in [2.75, 3.05) is 26.4 Å². The highest BCUT2D eigenvalue weighted by Gasteiger charge is 2.19. The molecular weight excluding hydrogens is 249 g/mol. The summed E-state index contributed by atoms with van der Waals surface area (Å²) >= 11 is 0. The van der Waals surface area contributed by atoms with E-state index in [2.05, 4.69) is 11.8 Å². The fraction of sp³-hybridized carbons (Fsp3) is 0.357. The van der Waals surface area contributed by atoms with Crippen LogP contribution in [-0.2, 0) is 16.1 Å². The molecule has 1 aromatic carbocycles. The van der Waals surface area contributed by atoms with E-state index in [0.717, 1.165) is 5.56 Å². The second-order valence-electron chi connectivity index (χ2n) is 4.13. The number of aliphatic hydroxyl groups is 1. The normalized spacial score (nSPS) is 15.1. The fourth-order valence-corrected chi connectivity index (χ4v) is 1.86. The number of benzene rings is 1. The topological polar surface area (TPSA) is 49.8 Å². The van der Waals surface area contributed by atoms with Crippen molar-refractivity contribution in [3.8, 4) is 11.8 Å². The molecule has 0 atom stereocenters. The lowest BCUT2D eigenvalue weighted by molar-refractivity contribution is -0.143. The number of nitrogens with zero attached hydrogens (tertiary/aromatic N) is 1. The highest BCUT2D eigenvalue weighted by atomic mass is 19.1. The summed E-state index contributed by atoms with van der Waals surface area (Å²) in [4.78, 5) is 13.3.